The van der Waals surface area contributed by atoms with Gasteiger partial charge in [0.15, 0.2) is 0 Å². The van der Waals surface area contributed by atoms with E-state index >= 15 is 0 Å². The summed E-state index contributed by atoms with van der Waals surface area (Å²) in [5.74, 6) is 0.976. The van der Waals surface area contributed by atoms with E-state index in [-0.39, 0.29) is 6.10 Å². The summed E-state index contributed by atoms with van der Waals surface area (Å²) < 4.78 is 6.33. The zero-order chi connectivity index (χ0) is 15.9. The van der Waals surface area contributed by atoms with Crippen LogP contribution in [0.15, 0.2) is 54.6 Å². The third-order valence-electron chi connectivity index (χ3n) is 4.16. The topological polar surface area (TPSA) is 12.5 Å². The highest BCUT2D eigenvalue weighted by atomic mass is 16.5. The van der Waals surface area contributed by atoms with E-state index in [0.29, 0.717) is 6.04 Å². The largest absolute Gasteiger partial charge is 0.485 e. The zero-order valence-electron chi connectivity index (χ0n) is 14.1. The maximum atomic E-state index is 6.33. The molecule has 2 aromatic carbocycles. The molecule has 2 nitrogen and oxygen atoms in total. The lowest BCUT2D eigenvalue weighted by molar-refractivity contribution is 0.162. The van der Waals surface area contributed by atoms with Crippen LogP contribution in [0, 0.1) is 6.92 Å². The van der Waals surface area contributed by atoms with Crippen molar-refractivity contribution in [2.45, 2.75) is 39.3 Å². The first kappa shape index (κ1) is 16.6. The molecule has 0 radical (unpaired) electrons. The Morgan fingerprint density at radius 3 is 2.23 bits per heavy atom. The Morgan fingerprint density at radius 2 is 1.59 bits per heavy atom. The van der Waals surface area contributed by atoms with Gasteiger partial charge in [0.05, 0.1) is 0 Å². The molecular formula is C20H27NO. The van der Waals surface area contributed by atoms with Crippen molar-refractivity contribution in [2.24, 2.45) is 0 Å². The van der Waals surface area contributed by atoms with Gasteiger partial charge in [-0.15, -0.1) is 0 Å². The average Bonchev–Trinajstić information content (AvgIpc) is 2.53. The van der Waals surface area contributed by atoms with Crippen molar-refractivity contribution in [1.82, 2.24) is 4.90 Å². The minimum absolute atomic E-state index is 0.0866. The molecule has 1 atom stereocenters. The fourth-order valence-corrected chi connectivity index (χ4v) is 2.38. The number of hydrogen-bond donors (Lipinski definition) is 0. The first-order valence-corrected chi connectivity index (χ1v) is 8.05. The van der Waals surface area contributed by atoms with E-state index in [9.17, 15) is 0 Å². The molecule has 2 rings (SSSR count). The van der Waals surface area contributed by atoms with Crippen molar-refractivity contribution in [3.05, 3.63) is 65.7 Å². The molecule has 0 N–H and O–H groups in total. The maximum absolute atomic E-state index is 6.33. The molecule has 0 heterocycles. The lowest BCUT2D eigenvalue weighted by atomic mass is 10.1. The van der Waals surface area contributed by atoms with Gasteiger partial charge in [-0.25, -0.2) is 0 Å². The highest BCUT2D eigenvalue weighted by Gasteiger charge is 2.16. The summed E-state index contributed by atoms with van der Waals surface area (Å²) in [5, 5.41) is 0. The molecule has 2 aromatic rings. The highest BCUT2D eigenvalue weighted by molar-refractivity contribution is 5.33. The number of ether oxygens (including phenoxy) is 1. The second-order valence-corrected chi connectivity index (χ2v) is 6.15. The van der Waals surface area contributed by atoms with Crippen molar-refractivity contribution in [2.75, 3.05) is 13.6 Å². The second-order valence-electron chi connectivity index (χ2n) is 6.15. The Balaban J connectivity index is 2.13. The summed E-state index contributed by atoms with van der Waals surface area (Å²) >= 11 is 0. The molecule has 0 bridgehead atoms. The smallest absolute Gasteiger partial charge is 0.125 e. The van der Waals surface area contributed by atoms with Crippen LogP contribution in [0.4, 0.5) is 0 Å². The third-order valence-corrected chi connectivity index (χ3v) is 4.16. The number of para-hydroxylation sites is 1. The van der Waals surface area contributed by atoms with Crippen LogP contribution < -0.4 is 4.74 Å². The molecule has 118 valence electrons. The van der Waals surface area contributed by atoms with Crippen LogP contribution in [0.25, 0.3) is 0 Å². The van der Waals surface area contributed by atoms with Crippen LogP contribution in [0.2, 0.25) is 0 Å². The highest BCUT2D eigenvalue weighted by Crippen LogP contribution is 2.27. The van der Waals surface area contributed by atoms with Crippen molar-refractivity contribution in [3.63, 3.8) is 0 Å². The van der Waals surface area contributed by atoms with Crippen molar-refractivity contribution in [1.29, 1.82) is 0 Å². The van der Waals surface area contributed by atoms with Gasteiger partial charge in [-0.05, 0) is 45.0 Å². The first-order valence-electron chi connectivity index (χ1n) is 8.05. The van der Waals surface area contributed by atoms with Crippen LogP contribution >= 0.6 is 0 Å². The predicted molar refractivity (Wildman–Crippen MR) is 93.4 cm³/mol. The van der Waals surface area contributed by atoms with E-state index in [1.807, 2.05) is 12.1 Å². The standard InChI is InChI=1S/C20H27NO/c1-16(2)21(4)15-14-20(18-11-6-5-7-12-18)22-19-13-9-8-10-17(19)3/h5-13,16,20H,14-15H2,1-4H3/t20-/m1/s1. The molecule has 0 amide bonds. The average molecular weight is 297 g/mol. The quantitative estimate of drug-likeness (QED) is 0.724. The number of hydrogen-bond acceptors (Lipinski definition) is 2. The molecule has 0 aliphatic rings. The molecule has 0 spiro atoms. The fourth-order valence-electron chi connectivity index (χ4n) is 2.38. The molecular weight excluding hydrogens is 270 g/mol. The summed E-state index contributed by atoms with van der Waals surface area (Å²) in [4.78, 5) is 2.36. The summed E-state index contributed by atoms with van der Waals surface area (Å²) in [7, 11) is 2.17. The Morgan fingerprint density at radius 1 is 0.955 bits per heavy atom. The van der Waals surface area contributed by atoms with Crippen LogP contribution in [0.3, 0.4) is 0 Å². The van der Waals surface area contributed by atoms with E-state index in [4.69, 9.17) is 4.74 Å². The van der Waals surface area contributed by atoms with E-state index < -0.39 is 0 Å². The van der Waals surface area contributed by atoms with Gasteiger partial charge in [-0.1, -0.05) is 48.5 Å². The lowest BCUT2D eigenvalue weighted by Gasteiger charge is -2.26. The monoisotopic (exact) mass is 297 g/mol. The van der Waals surface area contributed by atoms with Gasteiger partial charge >= 0.3 is 0 Å². The fraction of sp³-hybridized carbons (Fsp3) is 0.400. The van der Waals surface area contributed by atoms with Gasteiger partial charge in [-0.2, -0.15) is 0 Å². The van der Waals surface area contributed by atoms with Crippen molar-refractivity contribution in [3.8, 4) is 5.75 Å². The first-order chi connectivity index (χ1) is 10.6. The van der Waals surface area contributed by atoms with E-state index in [2.05, 4.69) is 75.2 Å². The zero-order valence-corrected chi connectivity index (χ0v) is 14.1. The van der Waals surface area contributed by atoms with E-state index in [0.717, 1.165) is 18.7 Å². The summed E-state index contributed by atoms with van der Waals surface area (Å²) in [5.41, 5.74) is 2.42. The Bertz CT molecular complexity index is 565. The summed E-state index contributed by atoms with van der Waals surface area (Å²) in [6, 6.07) is 19.3. The van der Waals surface area contributed by atoms with Gasteiger partial charge in [0.1, 0.15) is 11.9 Å². The molecule has 0 aromatic heterocycles. The summed E-state index contributed by atoms with van der Waals surface area (Å²) in [6.45, 7) is 7.56. The Kier molecular flexibility index (Phi) is 6.02. The Hall–Kier alpha value is -1.80. The van der Waals surface area contributed by atoms with Gasteiger partial charge in [-0.3, -0.25) is 0 Å². The molecule has 0 saturated heterocycles. The Labute approximate surface area is 134 Å². The number of nitrogens with zero attached hydrogens (tertiary/aromatic N) is 1. The molecule has 0 aliphatic heterocycles. The molecule has 2 heteroatoms. The van der Waals surface area contributed by atoms with Crippen LogP contribution in [0.1, 0.15) is 37.5 Å². The van der Waals surface area contributed by atoms with Crippen molar-refractivity contribution >= 4 is 0 Å². The number of benzene rings is 2. The lowest BCUT2D eigenvalue weighted by Crippen LogP contribution is -2.29. The SMILES string of the molecule is Cc1ccccc1O[C@H](CCN(C)C(C)C)c1ccccc1. The van der Waals surface area contributed by atoms with Crippen LogP contribution in [-0.2, 0) is 0 Å². The number of aryl methyl sites for hydroxylation is 1. The molecule has 0 fully saturated rings. The van der Waals surface area contributed by atoms with Gasteiger partial charge in [0.25, 0.3) is 0 Å². The number of rotatable bonds is 7. The van der Waals surface area contributed by atoms with Gasteiger partial charge in [0.2, 0.25) is 0 Å². The van der Waals surface area contributed by atoms with E-state index in [1.54, 1.807) is 0 Å². The van der Waals surface area contributed by atoms with Crippen molar-refractivity contribution < 1.29 is 4.74 Å². The second kappa shape index (κ2) is 8.00. The molecule has 0 aliphatic carbocycles. The molecule has 0 unspecified atom stereocenters. The van der Waals surface area contributed by atoms with Crippen LogP contribution in [-0.4, -0.2) is 24.5 Å². The van der Waals surface area contributed by atoms with Crippen LogP contribution in [0.5, 0.6) is 5.75 Å². The van der Waals surface area contributed by atoms with Gasteiger partial charge < -0.3 is 9.64 Å². The summed E-state index contributed by atoms with van der Waals surface area (Å²) in [6.07, 6.45) is 1.07. The minimum Gasteiger partial charge on any atom is -0.485 e. The molecule has 0 saturated carbocycles. The normalized spacial score (nSPS) is 12.6. The third kappa shape index (κ3) is 4.60. The predicted octanol–water partition coefficient (Wildman–Crippen LogP) is 4.85. The van der Waals surface area contributed by atoms with Gasteiger partial charge in [0, 0.05) is 19.0 Å². The molecule has 22 heavy (non-hydrogen) atoms. The van der Waals surface area contributed by atoms with E-state index in [1.165, 1.54) is 11.1 Å². The minimum atomic E-state index is 0.0866. The maximum Gasteiger partial charge on any atom is 0.125 e.